The highest BCUT2D eigenvalue weighted by Gasteiger charge is 1.95. The summed E-state index contributed by atoms with van der Waals surface area (Å²) < 4.78 is 0. The molecule has 0 saturated carbocycles. The molecule has 0 bridgehead atoms. The Balaban J connectivity index is 1.89. The normalized spacial score (nSPS) is 10.8. The Morgan fingerprint density at radius 1 is 1.11 bits per heavy atom. The number of rotatable bonds is 5. The van der Waals surface area contributed by atoms with Crippen LogP contribution < -0.4 is 0 Å². The van der Waals surface area contributed by atoms with Crippen molar-refractivity contribution >= 4 is 17.8 Å². The predicted molar refractivity (Wildman–Crippen MR) is 78.6 cm³/mol. The number of nitrogens with zero attached hydrogens (tertiary/aromatic N) is 1. The Morgan fingerprint density at radius 3 is 2.68 bits per heavy atom. The minimum Gasteiger partial charge on any atom is -0.390 e. The lowest BCUT2D eigenvalue weighted by Crippen LogP contribution is -1.90. The van der Waals surface area contributed by atoms with Crippen molar-refractivity contribution in [2.75, 3.05) is 0 Å². The van der Waals surface area contributed by atoms with Gasteiger partial charge in [-0.05, 0) is 29.7 Å². The van der Waals surface area contributed by atoms with Crippen molar-refractivity contribution in [2.45, 2.75) is 20.0 Å². The minimum absolute atomic E-state index is 0.446. The monoisotopic (exact) mass is 272 g/mol. The smallest absolute Gasteiger partial charge is 0.142 e. The van der Waals surface area contributed by atoms with Gasteiger partial charge < -0.3 is 4.84 Å². The van der Waals surface area contributed by atoms with Crippen molar-refractivity contribution in [1.82, 2.24) is 0 Å². The molecule has 0 fully saturated rings. The summed E-state index contributed by atoms with van der Waals surface area (Å²) in [6.45, 7) is 2.58. The first-order valence-electron chi connectivity index (χ1n) is 6.19. The second-order valence-electron chi connectivity index (χ2n) is 4.16. The highest BCUT2D eigenvalue weighted by Crippen LogP contribution is 2.10. The zero-order valence-corrected chi connectivity index (χ0v) is 11.5. The first-order valence-corrected chi connectivity index (χ1v) is 6.57. The maximum atomic E-state index is 5.86. The van der Waals surface area contributed by atoms with E-state index in [0.29, 0.717) is 11.6 Å². The zero-order valence-electron chi connectivity index (χ0n) is 10.8. The van der Waals surface area contributed by atoms with Crippen LogP contribution in [0.5, 0.6) is 0 Å². The Bertz CT molecular complexity index is 566. The lowest BCUT2D eigenvalue weighted by molar-refractivity contribution is 0.132. The molecule has 0 heterocycles. The van der Waals surface area contributed by atoms with E-state index >= 15 is 0 Å². The fourth-order valence-corrected chi connectivity index (χ4v) is 1.88. The van der Waals surface area contributed by atoms with Crippen LogP contribution >= 0.6 is 11.6 Å². The van der Waals surface area contributed by atoms with Gasteiger partial charge in [0.2, 0.25) is 0 Å². The van der Waals surface area contributed by atoms with Gasteiger partial charge in [-0.1, -0.05) is 60.1 Å². The minimum atomic E-state index is 0.446. The topological polar surface area (TPSA) is 21.6 Å². The van der Waals surface area contributed by atoms with E-state index in [4.69, 9.17) is 16.4 Å². The summed E-state index contributed by atoms with van der Waals surface area (Å²) in [5.41, 5.74) is 3.20. The molecule has 0 unspecified atom stereocenters. The maximum Gasteiger partial charge on any atom is 0.142 e. The Morgan fingerprint density at radius 2 is 1.89 bits per heavy atom. The summed E-state index contributed by atoms with van der Waals surface area (Å²) >= 11 is 5.86. The molecule has 0 atom stereocenters. The third-order valence-corrected chi connectivity index (χ3v) is 2.93. The molecule has 97 valence electrons. The van der Waals surface area contributed by atoms with Crippen LogP contribution in [0.15, 0.2) is 53.7 Å². The molecule has 3 heteroatoms. The first kappa shape index (κ1) is 13.6. The van der Waals surface area contributed by atoms with Crippen LogP contribution in [0, 0.1) is 0 Å². The summed E-state index contributed by atoms with van der Waals surface area (Å²) in [7, 11) is 0. The van der Waals surface area contributed by atoms with Gasteiger partial charge >= 0.3 is 0 Å². The van der Waals surface area contributed by atoms with Crippen LogP contribution in [0.3, 0.4) is 0 Å². The summed E-state index contributed by atoms with van der Waals surface area (Å²) in [6, 6.07) is 15.6. The molecule has 1 radical (unpaired) electrons. The number of hydrogen-bond donors (Lipinski definition) is 0. The van der Waals surface area contributed by atoms with E-state index in [1.165, 1.54) is 5.56 Å². The van der Waals surface area contributed by atoms with Gasteiger partial charge in [0.15, 0.2) is 0 Å². The van der Waals surface area contributed by atoms with Gasteiger partial charge in [-0.2, -0.15) is 0 Å². The van der Waals surface area contributed by atoms with E-state index < -0.39 is 0 Å². The van der Waals surface area contributed by atoms with E-state index in [9.17, 15) is 0 Å². The number of aryl methyl sites for hydroxylation is 1. The lowest BCUT2D eigenvalue weighted by Gasteiger charge is -2.02. The van der Waals surface area contributed by atoms with Gasteiger partial charge in [-0.15, -0.1) is 0 Å². The van der Waals surface area contributed by atoms with Crippen LogP contribution in [-0.2, 0) is 17.9 Å². The third kappa shape index (κ3) is 4.42. The second-order valence-corrected chi connectivity index (χ2v) is 4.60. The third-order valence-electron chi connectivity index (χ3n) is 2.69. The van der Waals surface area contributed by atoms with Crippen molar-refractivity contribution in [1.29, 1.82) is 0 Å². The van der Waals surface area contributed by atoms with Crippen molar-refractivity contribution in [3.8, 4) is 0 Å². The molecular weight excluding hydrogens is 258 g/mol. The largest absolute Gasteiger partial charge is 0.390 e. The van der Waals surface area contributed by atoms with E-state index in [2.05, 4.69) is 30.4 Å². The molecule has 0 aliphatic carbocycles. The fraction of sp³-hybridized carbons (Fsp3) is 0.188. The van der Waals surface area contributed by atoms with Crippen molar-refractivity contribution in [2.24, 2.45) is 5.16 Å². The average molecular weight is 273 g/mol. The van der Waals surface area contributed by atoms with Crippen molar-refractivity contribution in [3.63, 3.8) is 0 Å². The molecule has 0 spiro atoms. The van der Waals surface area contributed by atoms with E-state index in [1.54, 1.807) is 6.07 Å². The molecule has 0 amide bonds. The molecule has 0 aromatic heterocycles. The molecule has 2 aromatic rings. The summed E-state index contributed by atoms with van der Waals surface area (Å²) in [5, 5.41) is 4.49. The van der Waals surface area contributed by atoms with E-state index in [0.717, 1.165) is 17.5 Å². The van der Waals surface area contributed by atoms with Crippen LogP contribution in [0.4, 0.5) is 0 Å². The van der Waals surface area contributed by atoms with Gasteiger partial charge in [0.05, 0.1) is 0 Å². The van der Waals surface area contributed by atoms with Gasteiger partial charge in [0, 0.05) is 10.6 Å². The molecule has 0 aliphatic rings. The molecule has 2 rings (SSSR count). The number of hydrogen-bond acceptors (Lipinski definition) is 2. The van der Waals surface area contributed by atoms with Crippen LogP contribution in [0.2, 0.25) is 5.02 Å². The van der Waals surface area contributed by atoms with Gasteiger partial charge in [-0.25, -0.2) is 0 Å². The standard InChI is InChI=1S/C16H15ClNO/c1-2-13-5-3-7-15(9-13)12-19-18-11-14-6-4-8-16(17)10-14/h3-10H,2,12H2,1H3. The fourth-order valence-electron chi connectivity index (χ4n) is 1.69. The Labute approximate surface area is 118 Å². The van der Waals surface area contributed by atoms with Crippen molar-refractivity contribution < 1.29 is 4.84 Å². The molecule has 19 heavy (non-hydrogen) atoms. The summed E-state index contributed by atoms with van der Waals surface area (Å²) in [5.74, 6) is 0. The molecule has 0 saturated heterocycles. The first-order chi connectivity index (χ1) is 9.28. The van der Waals surface area contributed by atoms with E-state index in [1.807, 2.05) is 30.3 Å². The zero-order chi connectivity index (χ0) is 13.5. The second kappa shape index (κ2) is 6.95. The van der Waals surface area contributed by atoms with Crippen LogP contribution in [0.1, 0.15) is 23.6 Å². The number of benzene rings is 2. The van der Waals surface area contributed by atoms with Gasteiger partial charge in [0.25, 0.3) is 0 Å². The van der Waals surface area contributed by atoms with Crippen LogP contribution in [0.25, 0.3) is 0 Å². The average Bonchev–Trinajstić information content (AvgIpc) is 2.44. The molecule has 0 aliphatic heterocycles. The highest BCUT2D eigenvalue weighted by molar-refractivity contribution is 6.30. The molecule has 2 nitrogen and oxygen atoms in total. The van der Waals surface area contributed by atoms with Crippen LogP contribution in [-0.4, -0.2) is 6.21 Å². The molecule has 2 aromatic carbocycles. The molecule has 0 N–H and O–H groups in total. The number of halogens is 1. The quantitative estimate of drug-likeness (QED) is 0.586. The Hall–Kier alpha value is -1.80. The van der Waals surface area contributed by atoms with Gasteiger partial charge in [-0.3, -0.25) is 0 Å². The van der Waals surface area contributed by atoms with Crippen molar-refractivity contribution in [3.05, 3.63) is 70.2 Å². The SMILES string of the molecule is CCc1cccc(CO/N=[C]\c2cccc(Cl)c2)c1. The predicted octanol–water partition coefficient (Wildman–Crippen LogP) is 4.33. The highest BCUT2D eigenvalue weighted by atomic mass is 35.5. The van der Waals surface area contributed by atoms with E-state index in [-0.39, 0.29) is 0 Å². The molecular formula is C16H15ClNO. The Kier molecular flexibility index (Phi) is 4.99. The summed E-state index contributed by atoms with van der Waals surface area (Å²) in [4.78, 5) is 5.23. The summed E-state index contributed by atoms with van der Waals surface area (Å²) in [6.07, 6.45) is 3.82. The van der Waals surface area contributed by atoms with Gasteiger partial charge in [0.1, 0.15) is 12.8 Å². The lowest BCUT2D eigenvalue weighted by atomic mass is 10.1. The maximum absolute atomic E-state index is 5.86.